The van der Waals surface area contributed by atoms with Gasteiger partial charge in [-0.2, -0.15) is 5.10 Å². The molecule has 0 bridgehead atoms. The van der Waals surface area contributed by atoms with E-state index in [0.717, 1.165) is 0 Å². The first-order valence-corrected chi connectivity index (χ1v) is 5.94. The zero-order valence-electron chi connectivity index (χ0n) is 8.46. The zero-order valence-corrected chi connectivity index (χ0v) is 10.0. The lowest BCUT2D eigenvalue weighted by molar-refractivity contribution is -0.384. The number of H-pyrrole nitrogens is 1. The number of nitro groups is 1. The Morgan fingerprint density at radius 3 is 3.00 bits per heavy atom. The molecule has 0 fully saturated rings. The summed E-state index contributed by atoms with van der Waals surface area (Å²) in [6.45, 7) is 0. The van der Waals surface area contributed by atoms with Gasteiger partial charge in [-0.25, -0.2) is 4.98 Å². The third-order valence-electron chi connectivity index (χ3n) is 2.00. The summed E-state index contributed by atoms with van der Waals surface area (Å²) in [7, 11) is 0. The van der Waals surface area contributed by atoms with Crippen LogP contribution in [0.25, 0.3) is 0 Å². The highest BCUT2D eigenvalue weighted by atomic mass is 35.5. The Morgan fingerprint density at radius 1 is 1.53 bits per heavy atom. The fourth-order valence-corrected chi connectivity index (χ4v) is 2.23. The molecule has 0 spiro atoms. The first-order chi connectivity index (χ1) is 8.16. The van der Waals surface area contributed by atoms with Crippen molar-refractivity contribution in [3.8, 4) is 0 Å². The number of nitro benzene ring substituents is 1. The van der Waals surface area contributed by atoms with Gasteiger partial charge in [0.05, 0.1) is 4.92 Å². The molecule has 0 atom stereocenters. The summed E-state index contributed by atoms with van der Waals surface area (Å²) in [6, 6.07) is 4.37. The van der Waals surface area contributed by atoms with Crippen molar-refractivity contribution < 1.29 is 4.92 Å². The van der Waals surface area contributed by atoms with Gasteiger partial charge < -0.3 is 0 Å². The highest BCUT2D eigenvalue weighted by molar-refractivity contribution is 7.98. The number of nitrogens with one attached hydrogen (secondary N) is 1. The molecule has 1 aromatic heterocycles. The Morgan fingerprint density at radius 2 is 2.35 bits per heavy atom. The minimum atomic E-state index is -0.445. The quantitative estimate of drug-likeness (QED) is 0.524. The lowest BCUT2D eigenvalue weighted by Crippen LogP contribution is -1.91. The number of thioether (sulfide) groups is 1. The molecule has 6 nitrogen and oxygen atoms in total. The molecule has 0 saturated carbocycles. The molecule has 1 aromatic carbocycles. The number of non-ortho nitro benzene ring substituents is 1. The summed E-state index contributed by atoms with van der Waals surface area (Å²) >= 11 is 7.34. The largest absolute Gasteiger partial charge is 0.269 e. The standard InChI is InChI=1S/C9H7ClN4O2S/c10-8-2-1-7(14(15)16)3-6(8)4-17-9-11-5-12-13-9/h1-3,5H,4H2,(H,11,12,13). The van der Waals surface area contributed by atoms with Crippen LogP contribution >= 0.6 is 23.4 Å². The maximum absolute atomic E-state index is 10.6. The summed E-state index contributed by atoms with van der Waals surface area (Å²) in [4.78, 5) is 14.1. The number of nitrogens with zero attached hydrogens (tertiary/aromatic N) is 3. The van der Waals surface area contributed by atoms with Crippen LogP contribution in [-0.4, -0.2) is 20.1 Å². The predicted octanol–water partition coefficient (Wildman–Crippen LogP) is 2.66. The molecule has 0 saturated heterocycles. The van der Waals surface area contributed by atoms with Crippen LogP contribution in [0.1, 0.15) is 5.56 Å². The van der Waals surface area contributed by atoms with Crippen LogP contribution in [-0.2, 0) is 5.75 Å². The zero-order chi connectivity index (χ0) is 12.3. The molecule has 8 heteroatoms. The van der Waals surface area contributed by atoms with Crippen molar-refractivity contribution in [2.45, 2.75) is 10.9 Å². The maximum atomic E-state index is 10.6. The van der Waals surface area contributed by atoms with Crippen LogP contribution < -0.4 is 0 Å². The third kappa shape index (κ3) is 2.95. The monoisotopic (exact) mass is 270 g/mol. The number of halogens is 1. The maximum Gasteiger partial charge on any atom is 0.269 e. The van der Waals surface area contributed by atoms with Crippen LogP contribution in [0.5, 0.6) is 0 Å². The minimum Gasteiger partial charge on any atom is -0.258 e. The van der Waals surface area contributed by atoms with Gasteiger partial charge in [0.25, 0.3) is 5.69 Å². The molecule has 0 aliphatic heterocycles. The Hall–Kier alpha value is -1.60. The molecular weight excluding hydrogens is 264 g/mol. The number of aromatic amines is 1. The summed E-state index contributed by atoms with van der Waals surface area (Å²) in [5.41, 5.74) is 0.727. The Labute approximate surface area is 106 Å². The molecule has 88 valence electrons. The van der Waals surface area contributed by atoms with Crippen molar-refractivity contribution in [3.63, 3.8) is 0 Å². The predicted molar refractivity (Wildman–Crippen MR) is 64.1 cm³/mol. The highest BCUT2D eigenvalue weighted by Crippen LogP contribution is 2.27. The van der Waals surface area contributed by atoms with Gasteiger partial charge in [0.15, 0.2) is 5.16 Å². The van der Waals surface area contributed by atoms with Gasteiger partial charge in [0, 0.05) is 22.9 Å². The molecule has 0 aliphatic carbocycles. The van der Waals surface area contributed by atoms with E-state index in [1.165, 1.54) is 36.3 Å². The van der Waals surface area contributed by atoms with Crippen LogP contribution in [0.15, 0.2) is 29.7 Å². The van der Waals surface area contributed by atoms with E-state index < -0.39 is 4.92 Å². The van der Waals surface area contributed by atoms with Crippen molar-refractivity contribution in [2.75, 3.05) is 0 Å². The van der Waals surface area contributed by atoms with Gasteiger partial charge >= 0.3 is 0 Å². The average Bonchev–Trinajstić information content (AvgIpc) is 2.80. The van der Waals surface area contributed by atoms with Crippen molar-refractivity contribution in [3.05, 3.63) is 45.2 Å². The molecule has 1 heterocycles. The third-order valence-corrected chi connectivity index (χ3v) is 3.29. The summed E-state index contributed by atoms with van der Waals surface area (Å²) < 4.78 is 0. The van der Waals surface area contributed by atoms with E-state index in [-0.39, 0.29) is 5.69 Å². The van der Waals surface area contributed by atoms with E-state index in [1.807, 2.05) is 0 Å². The van der Waals surface area contributed by atoms with Crippen LogP contribution in [0, 0.1) is 10.1 Å². The van der Waals surface area contributed by atoms with Gasteiger partial charge in [-0.05, 0) is 11.6 Å². The van der Waals surface area contributed by atoms with E-state index in [2.05, 4.69) is 15.2 Å². The minimum absolute atomic E-state index is 0.0302. The van der Waals surface area contributed by atoms with Crippen LogP contribution in [0.3, 0.4) is 0 Å². The summed E-state index contributed by atoms with van der Waals surface area (Å²) in [5.74, 6) is 0.496. The van der Waals surface area contributed by atoms with Crippen LogP contribution in [0.4, 0.5) is 5.69 Å². The SMILES string of the molecule is O=[N+]([O-])c1ccc(Cl)c(CSc2ncn[nH]2)c1. The first-order valence-electron chi connectivity index (χ1n) is 4.58. The van der Waals surface area contributed by atoms with Gasteiger partial charge in [0.1, 0.15) is 6.33 Å². The Kier molecular flexibility index (Phi) is 3.60. The Balaban J connectivity index is 2.14. The number of rotatable bonds is 4. The normalized spacial score (nSPS) is 10.4. The van der Waals surface area contributed by atoms with Crippen molar-refractivity contribution >= 4 is 29.1 Å². The molecule has 2 aromatic rings. The molecule has 0 amide bonds. The smallest absolute Gasteiger partial charge is 0.258 e. The molecule has 0 radical (unpaired) electrons. The first kappa shape index (κ1) is 11.9. The van der Waals surface area contributed by atoms with Gasteiger partial charge in [0.2, 0.25) is 0 Å². The molecule has 17 heavy (non-hydrogen) atoms. The van der Waals surface area contributed by atoms with Crippen LogP contribution in [0.2, 0.25) is 5.02 Å². The highest BCUT2D eigenvalue weighted by Gasteiger charge is 2.10. The topological polar surface area (TPSA) is 84.7 Å². The van der Waals surface area contributed by atoms with Gasteiger partial charge in [-0.1, -0.05) is 23.4 Å². The second-order valence-electron chi connectivity index (χ2n) is 3.11. The van der Waals surface area contributed by atoms with Crippen molar-refractivity contribution in [1.82, 2.24) is 15.2 Å². The number of aromatic nitrogens is 3. The average molecular weight is 271 g/mol. The summed E-state index contributed by atoms with van der Waals surface area (Å²) in [6.07, 6.45) is 1.40. The molecule has 1 N–H and O–H groups in total. The van der Waals surface area contributed by atoms with E-state index in [9.17, 15) is 10.1 Å². The van der Waals surface area contributed by atoms with Crippen molar-refractivity contribution in [1.29, 1.82) is 0 Å². The second kappa shape index (κ2) is 5.15. The molecule has 2 rings (SSSR count). The lowest BCUT2D eigenvalue weighted by Gasteiger charge is -2.02. The fraction of sp³-hybridized carbons (Fsp3) is 0.111. The lowest BCUT2D eigenvalue weighted by atomic mass is 10.2. The molecular formula is C9H7ClN4O2S. The van der Waals surface area contributed by atoms with E-state index >= 15 is 0 Å². The molecule has 0 aliphatic rings. The van der Waals surface area contributed by atoms with E-state index in [4.69, 9.17) is 11.6 Å². The van der Waals surface area contributed by atoms with Gasteiger partial charge in [-0.3, -0.25) is 15.2 Å². The van der Waals surface area contributed by atoms with Crippen molar-refractivity contribution in [2.24, 2.45) is 0 Å². The molecule has 0 unspecified atom stereocenters. The fourth-order valence-electron chi connectivity index (χ4n) is 1.20. The Bertz CT molecular complexity index is 532. The van der Waals surface area contributed by atoms with E-state index in [1.54, 1.807) is 0 Å². The van der Waals surface area contributed by atoms with E-state index in [0.29, 0.717) is 21.5 Å². The summed E-state index contributed by atoms with van der Waals surface area (Å²) in [5, 5.41) is 18.2. The number of hydrogen-bond donors (Lipinski definition) is 1. The second-order valence-corrected chi connectivity index (χ2v) is 4.48. The van der Waals surface area contributed by atoms with Gasteiger partial charge in [-0.15, -0.1) is 0 Å². The number of benzene rings is 1. The number of hydrogen-bond acceptors (Lipinski definition) is 5.